The van der Waals surface area contributed by atoms with Crippen molar-refractivity contribution < 1.29 is 9.18 Å². The van der Waals surface area contributed by atoms with Gasteiger partial charge in [-0.3, -0.25) is 4.79 Å². The summed E-state index contributed by atoms with van der Waals surface area (Å²) in [5.74, 6) is -0.245. The van der Waals surface area contributed by atoms with E-state index in [0.717, 1.165) is 12.0 Å². The summed E-state index contributed by atoms with van der Waals surface area (Å²) in [5.41, 5.74) is 1.48. The van der Waals surface area contributed by atoms with Crippen LogP contribution in [0, 0.1) is 5.82 Å². The average molecular weight is 207 g/mol. The van der Waals surface area contributed by atoms with Crippen LogP contribution in [0.1, 0.15) is 29.8 Å². The molecule has 0 fully saturated rings. The van der Waals surface area contributed by atoms with Crippen molar-refractivity contribution >= 4 is 5.91 Å². The van der Waals surface area contributed by atoms with Crippen LogP contribution in [-0.4, -0.2) is 23.4 Å². The number of nitrogens with zero attached hydrogens (tertiary/aromatic N) is 1. The topological polar surface area (TPSA) is 20.3 Å². The van der Waals surface area contributed by atoms with Crippen LogP contribution in [0.5, 0.6) is 0 Å². The van der Waals surface area contributed by atoms with Crippen LogP contribution in [0.25, 0.3) is 0 Å². The maximum atomic E-state index is 13.0. The first-order valence-electron chi connectivity index (χ1n) is 5.19. The van der Waals surface area contributed by atoms with Gasteiger partial charge in [0.1, 0.15) is 5.82 Å². The summed E-state index contributed by atoms with van der Waals surface area (Å²) in [4.78, 5) is 13.8. The normalized spacial score (nSPS) is 15.7. The predicted molar refractivity (Wildman–Crippen MR) is 56.3 cm³/mol. The van der Waals surface area contributed by atoms with Crippen LogP contribution in [0.3, 0.4) is 0 Å². The molecule has 1 aliphatic heterocycles. The van der Waals surface area contributed by atoms with E-state index in [1.807, 2.05) is 18.7 Å². The van der Waals surface area contributed by atoms with Gasteiger partial charge in [-0.25, -0.2) is 4.39 Å². The lowest BCUT2D eigenvalue weighted by Crippen LogP contribution is -2.42. The van der Waals surface area contributed by atoms with Crippen molar-refractivity contribution in [1.29, 1.82) is 0 Å². The van der Waals surface area contributed by atoms with E-state index in [1.165, 1.54) is 12.1 Å². The number of amides is 1. The zero-order valence-corrected chi connectivity index (χ0v) is 8.96. The van der Waals surface area contributed by atoms with Crippen molar-refractivity contribution in [3.8, 4) is 0 Å². The summed E-state index contributed by atoms with van der Waals surface area (Å²) < 4.78 is 13.0. The minimum atomic E-state index is -0.264. The minimum Gasteiger partial charge on any atom is -0.336 e. The number of rotatable bonds is 1. The van der Waals surface area contributed by atoms with E-state index in [2.05, 4.69) is 0 Å². The SMILES string of the molecule is CC(C)N1CCc2cc(F)ccc2C1=O. The highest BCUT2D eigenvalue weighted by Gasteiger charge is 2.25. The Balaban J connectivity index is 2.39. The molecule has 2 nitrogen and oxygen atoms in total. The molecule has 0 spiro atoms. The Bertz CT molecular complexity index is 401. The highest BCUT2D eigenvalue weighted by Crippen LogP contribution is 2.21. The molecule has 0 aromatic heterocycles. The van der Waals surface area contributed by atoms with Crippen molar-refractivity contribution in [2.24, 2.45) is 0 Å². The maximum Gasteiger partial charge on any atom is 0.254 e. The fourth-order valence-electron chi connectivity index (χ4n) is 1.97. The van der Waals surface area contributed by atoms with E-state index >= 15 is 0 Å². The van der Waals surface area contributed by atoms with Crippen molar-refractivity contribution in [3.05, 3.63) is 35.1 Å². The Morgan fingerprint density at radius 1 is 1.40 bits per heavy atom. The Morgan fingerprint density at radius 2 is 2.13 bits per heavy atom. The molecule has 1 aliphatic rings. The van der Waals surface area contributed by atoms with E-state index in [0.29, 0.717) is 12.1 Å². The summed E-state index contributed by atoms with van der Waals surface area (Å²) in [6.07, 6.45) is 0.747. The van der Waals surface area contributed by atoms with Crippen molar-refractivity contribution in [2.45, 2.75) is 26.3 Å². The van der Waals surface area contributed by atoms with Crippen LogP contribution >= 0.6 is 0 Å². The van der Waals surface area contributed by atoms with Gasteiger partial charge < -0.3 is 4.90 Å². The summed E-state index contributed by atoms with van der Waals surface area (Å²) in [6, 6.07) is 4.60. The average Bonchev–Trinajstić information content (AvgIpc) is 2.17. The van der Waals surface area contributed by atoms with E-state index in [1.54, 1.807) is 6.07 Å². The minimum absolute atomic E-state index is 0.0197. The molecule has 0 saturated heterocycles. The van der Waals surface area contributed by atoms with Gasteiger partial charge in [0.15, 0.2) is 0 Å². The first-order chi connectivity index (χ1) is 7.09. The van der Waals surface area contributed by atoms with E-state index in [9.17, 15) is 9.18 Å². The molecular formula is C12H14FNO. The third kappa shape index (κ3) is 1.74. The number of hydrogen-bond acceptors (Lipinski definition) is 1. The Hall–Kier alpha value is -1.38. The number of benzene rings is 1. The number of halogens is 1. The van der Waals surface area contributed by atoms with Gasteiger partial charge in [0.05, 0.1) is 0 Å². The molecule has 0 radical (unpaired) electrons. The lowest BCUT2D eigenvalue weighted by Gasteiger charge is -2.31. The number of fused-ring (bicyclic) bond motifs is 1. The number of carbonyl (C=O) groups excluding carboxylic acids is 1. The Morgan fingerprint density at radius 3 is 2.80 bits per heavy atom. The lowest BCUT2D eigenvalue weighted by atomic mass is 9.98. The fraction of sp³-hybridized carbons (Fsp3) is 0.417. The van der Waals surface area contributed by atoms with Gasteiger partial charge in [0.2, 0.25) is 0 Å². The van der Waals surface area contributed by atoms with Gasteiger partial charge in [-0.15, -0.1) is 0 Å². The summed E-state index contributed by atoms with van der Waals surface area (Å²) >= 11 is 0. The zero-order valence-electron chi connectivity index (χ0n) is 8.96. The largest absolute Gasteiger partial charge is 0.336 e. The second-order valence-corrected chi connectivity index (χ2v) is 4.14. The first-order valence-corrected chi connectivity index (χ1v) is 5.19. The molecule has 0 unspecified atom stereocenters. The van der Waals surface area contributed by atoms with Gasteiger partial charge >= 0.3 is 0 Å². The second-order valence-electron chi connectivity index (χ2n) is 4.14. The Kier molecular flexibility index (Phi) is 2.47. The second kappa shape index (κ2) is 3.65. The van der Waals surface area contributed by atoms with E-state index < -0.39 is 0 Å². The molecule has 0 atom stereocenters. The molecule has 1 aromatic rings. The molecule has 1 heterocycles. The molecular weight excluding hydrogens is 193 g/mol. The van der Waals surface area contributed by atoms with Gasteiger partial charge in [-0.1, -0.05) is 0 Å². The highest BCUT2D eigenvalue weighted by atomic mass is 19.1. The van der Waals surface area contributed by atoms with Crippen molar-refractivity contribution in [3.63, 3.8) is 0 Å². The van der Waals surface area contributed by atoms with Gasteiger partial charge in [0.25, 0.3) is 5.91 Å². The monoisotopic (exact) mass is 207 g/mol. The summed E-state index contributed by atoms with van der Waals surface area (Å²) in [7, 11) is 0. The molecule has 3 heteroatoms. The van der Waals surface area contributed by atoms with Crippen LogP contribution in [0.15, 0.2) is 18.2 Å². The van der Waals surface area contributed by atoms with Gasteiger partial charge in [-0.05, 0) is 44.0 Å². The quantitative estimate of drug-likeness (QED) is 0.691. The fourth-order valence-corrected chi connectivity index (χ4v) is 1.97. The summed E-state index contributed by atoms with van der Waals surface area (Å²) in [6.45, 7) is 4.67. The highest BCUT2D eigenvalue weighted by molar-refractivity contribution is 5.96. The zero-order chi connectivity index (χ0) is 11.0. The van der Waals surface area contributed by atoms with Crippen molar-refractivity contribution in [1.82, 2.24) is 4.90 Å². The van der Waals surface area contributed by atoms with Crippen LogP contribution in [0.4, 0.5) is 4.39 Å². The molecule has 15 heavy (non-hydrogen) atoms. The molecule has 0 bridgehead atoms. The molecule has 1 aromatic carbocycles. The molecule has 0 aliphatic carbocycles. The van der Waals surface area contributed by atoms with Crippen molar-refractivity contribution in [2.75, 3.05) is 6.54 Å². The molecule has 80 valence electrons. The Labute approximate surface area is 88.7 Å². The van der Waals surface area contributed by atoms with E-state index in [-0.39, 0.29) is 17.8 Å². The molecule has 0 saturated carbocycles. The number of carbonyl (C=O) groups is 1. The first kappa shape index (κ1) is 10.1. The van der Waals surface area contributed by atoms with Crippen LogP contribution in [0.2, 0.25) is 0 Å². The van der Waals surface area contributed by atoms with Crippen LogP contribution < -0.4 is 0 Å². The third-order valence-corrected chi connectivity index (χ3v) is 2.80. The smallest absolute Gasteiger partial charge is 0.254 e. The molecule has 2 rings (SSSR count). The van der Waals surface area contributed by atoms with Gasteiger partial charge in [0, 0.05) is 18.2 Å². The molecule has 0 N–H and O–H groups in total. The standard InChI is InChI=1S/C12H14FNO/c1-8(2)14-6-5-9-7-10(13)3-4-11(9)12(14)15/h3-4,7-8H,5-6H2,1-2H3. The van der Waals surface area contributed by atoms with E-state index in [4.69, 9.17) is 0 Å². The van der Waals surface area contributed by atoms with Gasteiger partial charge in [-0.2, -0.15) is 0 Å². The van der Waals surface area contributed by atoms with Crippen LogP contribution in [-0.2, 0) is 6.42 Å². The summed E-state index contributed by atoms with van der Waals surface area (Å²) in [5, 5.41) is 0. The number of hydrogen-bond donors (Lipinski definition) is 0. The maximum absolute atomic E-state index is 13.0. The molecule has 1 amide bonds. The third-order valence-electron chi connectivity index (χ3n) is 2.80. The predicted octanol–water partition coefficient (Wildman–Crippen LogP) is 2.23. The lowest BCUT2D eigenvalue weighted by molar-refractivity contribution is 0.0688.